The summed E-state index contributed by atoms with van der Waals surface area (Å²) in [6, 6.07) is 17.9. The van der Waals surface area contributed by atoms with Crippen molar-refractivity contribution in [1.29, 1.82) is 0 Å². The van der Waals surface area contributed by atoms with Crippen molar-refractivity contribution >= 4 is 27.3 Å². The van der Waals surface area contributed by atoms with Crippen LogP contribution in [0.4, 0.5) is 15.8 Å². The minimum Gasteiger partial charge on any atom is -0.369 e. The fourth-order valence-electron chi connectivity index (χ4n) is 3.81. The summed E-state index contributed by atoms with van der Waals surface area (Å²) >= 11 is 0. The number of rotatable bonds is 5. The maximum absolute atomic E-state index is 13.2. The number of aryl methyl sites for hydroxylation is 2. The zero-order valence-electron chi connectivity index (χ0n) is 18.6. The Hall–Kier alpha value is -3.23. The molecule has 0 radical (unpaired) electrons. The average molecular weight is 468 g/mol. The van der Waals surface area contributed by atoms with E-state index in [0.29, 0.717) is 31.9 Å². The van der Waals surface area contributed by atoms with E-state index in [0.717, 1.165) is 16.8 Å². The van der Waals surface area contributed by atoms with Gasteiger partial charge in [-0.3, -0.25) is 4.79 Å². The molecule has 8 heteroatoms. The summed E-state index contributed by atoms with van der Waals surface area (Å²) < 4.78 is 41.0. The number of nitrogens with one attached hydrogen (secondary N) is 1. The minimum atomic E-state index is -3.75. The van der Waals surface area contributed by atoms with Gasteiger partial charge in [-0.05, 0) is 79.6 Å². The number of nitrogens with zero attached hydrogens (tertiary/aromatic N) is 2. The molecule has 1 amide bonds. The fourth-order valence-corrected chi connectivity index (χ4v) is 5.28. The molecule has 6 nitrogen and oxygen atoms in total. The van der Waals surface area contributed by atoms with Crippen LogP contribution in [0.5, 0.6) is 0 Å². The first-order valence-corrected chi connectivity index (χ1v) is 12.2. The first-order chi connectivity index (χ1) is 15.7. The van der Waals surface area contributed by atoms with Crippen LogP contribution in [-0.4, -0.2) is 44.8 Å². The zero-order chi connectivity index (χ0) is 23.6. The average Bonchev–Trinajstić information content (AvgIpc) is 2.82. The molecule has 172 valence electrons. The van der Waals surface area contributed by atoms with E-state index in [9.17, 15) is 17.6 Å². The number of carbonyl (C=O) groups excluding carboxylic acids is 1. The Morgan fingerprint density at radius 3 is 2.24 bits per heavy atom. The molecular formula is C25H26FN3O3S. The highest BCUT2D eigenvalue weighted by Gasteiger charge is 2.29. The molecule has 1 heterocycles. The molecule has 1 saturated heterocycles. The molecule has 0 atom stereocenters. The van der Waals surface area contributed by atoms with Crippen molar-refractivity contribution in [1.82, 2.24) is 4.31 Å². The lowest BCUT2D eigenvalue weighted by molar-refractivity contribution is 0.102. The lowest BCUT2D eigenvalue weighted by atomic mass is 10.1. The van der Waals surface area contributed by atoms with Gasteiger partial charge in [0.15, 0.2) is 0 Å². The second kappa shape index (κ2) is 9.33. The smallest absolute Gasteiger partial charge is 0.255 e. The van der Waals surface area contributed by atoms with E-state index in [1.807, 2.05) is 36.9 Å². The van der Waals surface area contributed by atoms with Crippen molar-refractivity contribution in [3.8, 4) is 0 Å². The Bertz CT molecular complexity index is 1270. The van der Waals surface area contributed by atoms with Crippen molar-refractivity contribution in [2.24, 2.45) is 0 Å². The van der Waals surface area contributed by atoms with Crippen LogP contribution in [0.15, 0.2) is 71.6 Å². The maximum atomic E-state index is 13.2. The summed E-state index contributed by atoms with van der Waals surface area (Å²) in [6.45, 7) is 5.57. The Kier molecular flexibility index (Phi) is 6.49. The van der Waals surface area contributed by atoms with Crippen LogP contribution >= 0.6 is 0 Å². The van der Waals surface area contributed by atoms with E-state index in [-0.39, 0.29) is 22.2 Å². The van der Waals surface area contributed by atoms with Crippen LogP contribution in [0.2, 0.25) is 0 Å². The Morgan fingerprint density at radius 2 is 1.58 bits per heavy atom. The topological polar surface area (TPSA) is 69.7 Å². The molecule has 1 N–H and O–H groups in total. The monoisotopic (exact) mass is 467 g/mol. The number of carbonyl (C=O) groups is 1. The van der Waals surface area contributed by atoms with Gasteiger partial charge in [-0.1, -0.05) is 12.1 Å². The van der Waals surface area contributed by atoms with Crippen molar-refractivity contribution in [3.05, 3.63) is 89.2 Å². The van der Waals surface area contributed by atoms with Crippen molar-refractivity contribution in [2.75, 3.05) is 36.4 Å². The fraction of sp³-hybridized carbons (Fsp3) is 0.240. The molecule has 1 aliphatic rings. The second-order valence-corrected chi connectivity index (χ2v) is 10.1. The molecule has 1 aliphatic heterocycles. The summed E-state index contributed by atoms with van der Waals surface area (Å²) in [5, 5.41) is 2.83. The minimum absolute atomic E-state index is 0.0884. The third kappa shape index (κ3) is 5.07. The van der Waals surface area contributed by atoms with Gasteiger partial charge in [-0.2, -0.15) is 4.31 Å². The van der Waals surface area contributed by atoms with Gasteiger partial charge in [0.05, 0.1) is 4.90 Å². The van der Waals surface area contributed by atoms with E-state index in [1.54, 1.807) is 24.3 Å². The largest absolute Gasteiger partial charge is 0.369 e. The van der Waals surface area contributed by atoms with E-state index in [4.69, 9.17) is 0 Å². The van der Waals surface area contributed by atoms with Gasteiger partial charge in [-0.25, -0.2) is 12.8 Å². The number of sulfonamides is 1. The van der Waals surface area contributed by atoms with Crippen molar-refractivity contribution in [3.63, 3.8) is 0 Å². The third-order valence-electron chi connectivity index (χ3n) is 5.93. The number of piperazine rings is 1. The van der Waals surface area contributed by atoms with Gasteiger partial charge in [0.1, 0.15) is 5.82 Å². The second-order valence-electron chi connectivity index (χ2n) is 8.15. The van der Waals surface area contributed by atoms with E-state index in [2.05, 4.69) is 5.32 Å². The molecule has 0 saturated carbocycles. The van der Waals surface area contributed by atoms with E-state index >= 15 is 0 Å². The standard InChI is InChI=1S/C25H26FN3O3S/c1-18-6-9-22(16-19(18)2)27-25(30)20-4-3-5-24(17-20)33(31,32)29-14-12-28(13-15-29)23-10-7-21(26)8-11-23/h3-11,16-17H,12-15H2,1-2H3,(H,27,30). The van der Waals surface area contributed by atoms with Gasteiger partial charge in [-0.15, -0.1) is 0 Å². The number of benzene rings is 3. The zero-order valence-corrected chi connectivity index (χ0v) is 19.4. The Morgan fingerprint density at radius 1 is 0.879 bits per heavy atom. The number of hydrogen-bond acceptors (Lipinski definition) is 4. The molecule has 0 bridgehead atoms. The summed E-state index contributed by atoms with van der Waals surface area (Å²) in [4.78, 5) is 14.9. The first-order valence-electron chi connectivity index (χ1n) is 10.7. The SMILES string of the molecule is Cc1ccc(NC(=O)c2cccc(S(=O)(=O)N3CCN(c4ccc(F)cc4)CC3)c2)cc1C. The molecular weight excluding hydrogens is 441 g/mol. The van der Waals surface area contributed by atoms with Crippen LogP contribution in [-0.2, 0) is 10.0 Å². The molecule has 4 rings (SSSR count). The Labute approximate surface area is 193 Å². The highest BCUT2D eigenvalue weighted by Crippen LogP contribution is 2.23. The maximum Gasteiger partial charge on any atom is 0.255 e. The summed E-state index contributed by atoms with van der Waals surface area (Å²) in [7, 11) is -3.75. The molecule has 3 aromatic rings. The molecule has 0 aromatic heterocycles. The summed E-state index contributed by atoms with van der Waals surface area (Å²) in [5.41, 5.74) is 3.98. The predicted octanol–water partition coefficient (Wildman–Crippen LogP) is 4.21. The number of anilines is 2. The Balaban J connectivity index is 1.46. The molecule has 0 unspecified atom stereocenters. The summed E-state index contributed by atoms with van der Waals surface area (Å²) in [5.74, 6) is -0.669. The lowest BCUT2D eigenvalue weighted by Gasteiger charge is -2.35. The number of halogens is 1. The van der Waals surface area contributed by atoms with Crippen LogP contribution in [0.3, 0.4) is 0 Å². The third-order valence-corrected chi connectivity index (χ3v) is 7.82. The molecule has 1 fully saturated rings. The van der Waals surface area contributed by atoms with Crippen molar-refractivity contribution in [2.45, 2.75) is 18.7 Å². The molecule has 33 heavy (non-hydrogen) atoms. The van der Waals surface area contributed by atoms with Gasteiger partial charge in [0.2, 0.25) is 10.0 Å². The predicted molar refractivity (Wildman–Crippen MR) is 128 cm³/mol. The van der Waals surface area contributed by atoms with Crippen LogP contribution in [0, 0.1) is 19.7 Å². The van der Waals surface area contributed by atoms with Crippen LogP contribution < -0.4 is 10.2 Å². The van der Waals surface area contributed by atoms with E-state index < -0.39 is 10.0 Å². The number of amides is 1. The van der Waals surface area contributed by atoms with Gasteiger partial charge >= 0.3 is 0 Å². The van der Waals surface area contributed by atoms with Gasteiger partial charge in [0.25, 0.3) is 5.91 Å². The van der Waals surface area contributed by atoms with Gasteiger partial charge < -0.3 is 10.2 Å². The molecule has 0 aliphatic carbocycles. The van der Waals surface area contributed by atoms with E-state index in [1.165, 1.54) is 28.6 Å². The first kappa shape index (κ1) is 22.9. The highest BCUT2D eigenvalue weighted by molar-refractivity contribution is 7.89. The number of hydrogen-bond donors (Lipinski definition) is 1. The summed E-state index contributed by atoms with van der Waals surface area (Å²) in [6.07, 6.45) is 0. The van der Waals surface area contributed by atoms with Crippen LogP contribution in [0.25, 0.3) is 0 Å². The lowest BCUT2D eigenvalue weighted by Crippen LogP contribution is -2.48. The van der Waals surface area contributed by atoms with Crippen molar-refractivity contribution < 1.29 is 17.6 Å². The molecule has 0 spiro atoms. The molecule has 3 aromatic carbocycles. The normalized spacial score (nSPS) is 14.8. The quantitative estimate of drug-likeness (QED) is 0.611. The highest BCUT2D eigenvalue weighted by atomic mass is 32.2. The van der Waals surface area contributed by atoms with Gasteiger partial charge in [0, 0.05) is 43.1 Å². The van der Waals surface area contributed by atoms with Crippen LogP contribution in [0.1, 0.15) is 21.5 Å².